The lowest BCUT2D eigenvalue weighted by Gasteiger charge is -2.34. The van der Waals surface area contributed by atoms with Crippen molar-refractivity contribution in [3.05, 3.63) is 59.7 Å². The fourth-order valence-electron chi connectivity index (χ4n) is 2.35. The van der Waals surface area contributed by atoms with Crippen LogP contribution in [0.25, 0.3) is 0 Å². The molecule has 0 radical (unpaired) electrons. The zero-order valence-electron chi connectivity index (χ0n) is 13.0. The van der Waals surface area contributed by atoms with Gasteiger partial charge in [0.25, 0.3) is 0 Å². The van der Waals surface area contributed by atoms with Gasteiger partial charge in [0.15, 0.2) is 0 Å². The van der Waals surface area contributed by atoms with Crippen molar-refractivity contribution in [2.45, 2.75) is 26.1 Å². The van der Waals surface area contributed by atoms with Crippen LogP contribution in [0.5, 0.6) is 11.5 Å². The lowest BCUT2D eigenvalue weighted by Crippen LogP contribution is -2.35. The molecule has 0 bridgehead atoms. The van der Waals surface area contributed by atoms with Gasteiger partial charge in [-0.15, -0.1) is 0 Å². The highest BCUT2D eigenvalue weighted by molar-refractivity contribution is 5.38. The second-order valence-electron chi connectivity index (χ2n) is 4.99. The number of aromatic hydroxyl groups is 2. The van der Waals surface area contributed by atoms with E-state index in [4.69, 9.17) is 9.47 Å². The van der Waals surface area contributed by atoms with Crippen molar-refractivity contribution in [1.82, 2.24) is 0 Å². The SMILES string of the molecule is CCCOC(OCC)(c1ccc(O)cc1)c1ccc(O)cc1. The van der Waals surface area contributed by atoms with Crippen LogP contribution >= 0.6 is 0 Å². The molecule has 4 heteroatoms. The molecule has 0 unspecified atom stereocenters. The first kappa shape index (κ1) is 16.3. The van der Waals surface area contributed by atoms with Crippen molar-refractivity contribution >= 4 is 0 Å². The van der Waals surface area contributed by atoms with Crippen molar-refractivity contribution in [3.63, 3.8) is 0 Å². The monoisotopic (exact) mass is 302 g/mol. The Kier molecular flexibility index (Phi) is 5.41. The molecule has 2 N–H and O–H groups in total. The Morgan fingerprint density at radius 2 is 1.23 bits per heavy atom. The lowest BCUT2D eigenvalue weighted by atomic mass is 9.96. The highest BCUT2D eigenvalue weighted by Gasteiger charge is 2.36. The molecule has 2 aromatic carbocycles. The van der Waals surface area contributed by atoms with E-state index in [1.807, 2.05) is 13.8 Å². The number of phenols is 2. The van der Waals surface area contributed by atoms with Gasteiger partial charge in [-0.2, -0.15) is 0 Å². The minimum absolute atomic E-state index is 0.190. The number of phenolic OH excluding ortho intramolecular Hbond substituents is 2. The normalized spacial score (nSPS) is 11.5. The van der Waals surface area contributed by atoms with Gasteiger partial charge in [-0.1, -0.05) is 6.92 Å². The lowest BCUT2D eigenvalue weighted by molar-refractivity contribution is -0.215. The van der Waals surface area contributed by atoms with Crippen LogP contribution in [-0.2, 0) is 15.3 Å². The number of hydrogen-bond acceptors (Lipinski definition) is 4. The minimum atomic E-state index is -1.05. The molecule has 4 nitrogen and oxygen atoms in total. The molecule has 0 fully saturated rings. The topological polar surface area (TPSA) is 58.9 Å². The van der Waals surface area contributed by atoms with Crippen LogP contribution in [0.4, 0.5) is 0 Å². The Morgan fingerprint density at radius 3 is 1.59 bits per heavy atom. The maximum Gasteiger partial charge on any atom is 0.222 e. The summed E-state index contributed by atoms with van der Waals surface area (Å²) in [5, 5.41) is 19.0. The van der Waals surface area contributed by atoms with E-state index in [1.165, 1.54) is 0 Å². The van der Waals surface area contributed by atoms with Gasteiger partial charge in [0.05, 0.1) is 6.61 Å². The summed E-state index contributed by atoms with van der Waals surface area (Å²) in [6.07, 6.45) is 0.852. The van der Waals surface area contributed by atoms with Crippen molar-refractivity contribution in [1.29, 1.82) is 0 Å². The first-order valence-electron chi connectivity index (χ1n) is 7.49. The summed E-state index contributed by atoms with van der Waals surface area (Å²) in [4.78, 5) is 0. The van der Waals surface area contributed by atoms with E-state index in [0.29, 0.717) is 13.2 Å². The Bertz CT molecular complexity index is 530. The van der Waals surface area contributed by atoms with E-state index in [1.54, 1.807) is 48.5 Å². The van der Waals surface area contributed by atoms with E-state index < -0.39 is 5.79 Å². The first-order valence-corrected chi connectivity index (χ1v) is 7.49. The Hall–Kier alpha value is -2.04. The summed E-state index contributed by atoms with van der Waals surface area (Å²) in [7, 11) is 0. The molecule has 2 aromatic rings. The second-order valence-corrected chi connectivity index (χ2v) is 4.99. The maximum absolute atomic E-state index is 9.52. The van der Waals surface area contributed by atoms with E-state index in [2.05, 4.69) is 0 Å². The number of hydrogen-bond donors (Lipinski definition) is 2. The van der Waals surface area contributed by atoms with Gasteiger partial charge in [-0.25, -0.2) is 0 Å². The zero-order chi connectivity index (χ0) is 16.0. The van der Waals surface area contributed by atoms with Gasteiger partial charge in [-0.3, -0.25) is 0 Å². The molecule has 0 aromatic heterocycles. The fourth-order valence-corrected chi connectivity index (χ4v) is 2.35. The number of ether oxygens (including phenoxy) is 2. The van der Waals surface area contributed by atoms with Crippen LogP contribution in [0.2, 0.25) is 0 Å². The van der Waals surface area contributed by atoms with Crippen LogP contribution in [0.3, 0.4) is 0 Å². The molecule has 118 valence electrons. The molecule has 2 rings (SSSR count). The molecule has 0 saturated carbocycles. The molecule has 0 atom stereocenters. The Morgan fingerprint density at radius 1 is 0.773 bits per heavy atom. The first-order chi connectivity index (χ1) is 10.6. The third kappa shape index (κ3) is 3.40. The average molecular weight is 302 g/mol. The summed E-state index contributed by atoms with van der Waals surface area (Å²) in [5.41, 5.74) is 1.59. The van der Waals surface area contributed by atoms with Crippen molar-refractivity contribution < 1.29 is 19.7 Å². The van der Waals surface area contributed by atoms with Gasteiger partial charge in [0, 0.05) is 17.7 Å². The highest BCUT2D eigenvalue weighted by Crippen LogP contribution is 2.36. The zero-order valence-corrected chi connectivity index (χ0v) is 13.0. The summed E-state index contributed by atoms with van der Waals surface area (Å²) in [6.45, 7) is 4.93. The van der Waals surface area contributed by atoms with Gasteiger partial charge >= 0.3 is 0 Å². The Labute approximate surface area is 130 Å². The van der Waals surface area contributed by atoms with Crippen molar-refractivity contribution in [2.75, 3.05) is 13.2 Å². The second kappa shape index (κ2) is 7.29. The van der Waals surface area contributed by atoms with Crippen molar-refractivity contribution in [2.24, 2.45) is 0 Å². The summed E-state index contributed by atoms with van der Waals surface area (Å²) in [6, 6.07) is 13.6. The van der Waals surface area contributed by atoms with Crippen LogP contribution < -0.4 is 0 Å². The molecule has 0 heterocycles. The molecule has 22 heavy (non-hydrogen) atoms. The molecule has 0 amide bonds. The molecule has 0 aliphatic carbocycles. The van der Waals surface area contributed by atoms with Gasteiger partial charge in [-0.05, 0) is 61.9 Å². The maximum atomic E-state index is 9.52. The number of rotatable bonds is 7. The summed E-state index contributed by atoms with van der Waals surface area (Å²) < 4.78 is 12.1. The number of benzene rings is 2. The van der Waals surface area contributed by atoms with Crippen molar-refractivity contribution in [3.8, 4) is 11.5 Å². The van der Waals surface area contributed by atoms with E-state index in [9.17, 15) is 10.2 Å². The summed E-state index contributed by atoms with van der Waals surface area (Å²) in [5.74, 6) is -0.669. The van der Waals surface area contributed by atoms with Gasteiger partial charge in [0.1, 0.15) is 11.5 Å². The fraction of sp³-hybridized carbons (Fsp3) is 0.333. The van der Waals surface area contributed by atoms with Crippen LogP contribution in [-0.4, -0.2) is 23.4 Å². The predicted octanol–water partition coefficient (Wildman–Crippen LogP) is 3.76. The van der Waals surface area contributed by atoms with Gasteiger partial charge in [0.2, 0.25) is 5.79 Å². The van der Waals surface area contributed by atoms with E-state index in [-0.39, 0.29) is 11.5 Å². The van der Waals surface area contributed by atoms with Gasteiger partial charge < -0.3 is 19.7 Å². The third-order valence-corrected chi connectivity index (χ3v) is 3.35. The smallest absolute Gasteiger partial charge is 0.222 e. The Balaban J connectivity index is 2.53. The minimum Gasteiger partial charge on any atom is -0.508 e. The van der Waals surface area contributed by atoms with E-state index in [0.717, 1.165) is 17.5 Å². The third-order valence-electron chi connectivity index (χ3n) is 3.35. The highest BCUT2D eigenvalue weighted by atomic mass is 16.7. The summed E-state index contributed by atoms with van der Waals surface area (Å²) >= 11 is 0. The van der Waals surface area contributed by atoms with Crippen LogP contribution in [0.15, 0.2) is 48.5 Å². The molecular formula is C18H22O4. The predicted molar refractivity (Wildman–Crippen MR) is 84.9 cm³/mol. The molecule has 0 spiro atoms. The largest absolute Gasteiger partial charge is 0.508 e. The molecule has 0 saturated heterocycles. The quantitative estimate of drug-likeness (QED) is 0.765. The van der Waals surface area contributed by atoms with Crippen LogP contribution in [0, 0.1) is 0 Å². The molecular weight excluding hydrogens is 280 g/mol. The molecule has 0 aliphatic rings. The van der Waals surface area contributed by atoms with E-state index >= 15 is 0 Å². The van der Waals surface area contributed by atoms with Crippen LogP contribution in [0.1, 0.15) is 31.4 Å². The standard InChI is InChI=1S/C18H22O4/c1-3-13-22-18(21-4-2,14-5-9-16(19)10-6-14)15-7-11-17(20)12-8-15/h5-12,19-20H,3-4,13H2,1-2H3. The molecule has 0 aliphatic heterocycles. The average Bonchev–Trinajstić information content (AvgIpc) is 2.53.